The minimum absolute atomic E-state index is 0. The van der Waals surface area contributed by atoms with Crippen LogP contribution in [0.25, 0.3) is 4.85 Å². The molecule has 2 rings (SSSR count). The summed E-state index contributed by atoms with van der Waals surface area (Å²) in [4.78, 5) is 16.8. The van der Waals surface area contributed by atoms with Gasteiger partial charge < -0.3 is 5.32 Å². The maximum absolute atomic E-state index is 13.3. The quantitative estimate of drug-likeness (QED) is 0.409. The van der Waals surface area contributed by atoms with Crippen LogP contribution in [0.5, 0.6) is 0 Å². The fourth-order valence-corrected chi connectivity index (χ4v) is 9.32. The summed E-state index contributed by atoms with van der Waals surface area (Å²) in [5.41, 5.74) is 3.72. The molecule has 1 saturated heterocycles. The topological polar surface area (TPSA) is 33.5 Å². The monoisotopic (exact) mass is 448 g/mol. The summed E-state index contributed by atoms with van der Waals surface area (Å²) in [6.45, 7) is 15.7. The Bertz CT molecular complexity index is 639. The Balaban J connectivity index is 0.00000338. The molecule has 1 aromatic carbocycles. The number of anilines is 1. The number of carbonyl (C=O) groups excluding carboxylic acids is 1. The third-order valence-electron chi connectivity index (χ3n) is 5.76. The van der Waals surface area contributed by atoms with Crippen molar-refractivity contribution in [2.24, 2.45) is 0 Å². The van der Waals surface area contributed by atoms with Gasteiger partial charge in [0.05, 0.1) is 25.1 Å². The number of hydrogen-bond acceptors (Lipinski definition) is 1. The van der Waals surface area contributed by atoms with E-state index in [4.69, 9.17) is 6.57 Å². The molecule has 1 aliphatic heterocycles. The second-order valence-electron chi connectivity index (χ2n) is 7.40. The Kier molecular flexibility index (Phi) is 9.95. The van der Waals surface area contributed by atoms with E-state index in [9.17, 15) is 4.79 Å². The van der Waals surface area contributed by atoms with E-state index in [1.165, 1.54) is 37.7 Å². The van der Waals surface area contributed by atoms with Gasteiger partial charge in [-0.1, -0.05) is 25.5 Å². The maximum Gasteiger partial charge on any atom is 0.265 e. The van der Waals surface area contributed by atoms with Crippen molar-refractivity contribution < 1.29 is 37.5 Å². The van der Waals surface area contributed by atoms with Gasteiger partial charge in [-0.25, -0.2) is 4.85 Å². The molecule has 0 bridgehead atoms. The van der Waals surface area contributed by atoms with Crippen molar-refractivity contribution in [3.05, 3.63) is 34.7 Å². The smallest absolute Gasteiger partial charge is 0.265 e. The summed E-state index contributed by atoms with van der Waals surface area (Å²) >= 11 is 0. The Morgan fingerprint density at radius 2 is 1.77 bits per heavy atom. The molecule has 0 aliphatic carbocycles. The molecule has 3 nitrogen and oxygen atoms in total. The van der Waals surface area contributed by atoms with Crippen molar-refractivity contribution in [2.45, 2.75) is 65.5 Å². The standard InChI is InChI=1S/C21H31N2OP.Y/c1-6-11-19(25(7-2)12-9-8-10-13-25)21(24)23-20-16(3)14-18(22-5)15-17(20)4;/h14-15,19H,6-13H2,1-4H3;/p+1. The van der Waals surface area contributed by atoms with Crippen LogP contribution in [0.2, 0.25) is 0 Å². The van der Waals surface area contributed by atoms with E-state index in [2.05, 4.69) is 24.0 Å². The third-order valence-corrected chi connectivity index (χ3v) is 11.2. The molecule has 139 valence electrons. The fraction of sp³-hybridized carbons (Fsp3) is 0.619. The zero-order chi connectivity index (χ0) is 18.4. The van der Waals surface area contributed by atoms with Gasteiger partial charge in [-0.3, -0.25) is 4.79 Å². The normalized spacial score (nSPS) is 16.9. The number of rotatable bonds is 6. The van der Waals surface area contributed by atoms with E-state index in [0.717, 1.165) is 29.7 Å². The van der Waals surface area contributed by atoms with Crippen LogP contribution in [0.15, 0.2) is 12.1 Å². The predicted octanol–water partition coefficient (Wildman–Crippen LogP) is 6.18. The summed E-state index contributed by atoms with van der Waals surface area (Å²) in [5.74, 6) is 0.223. The van der Waals surface area contributed by atoms with Gasteiger partial charge in [0.15, 0.2) is 5.69 Å². The zero-order valence-corrected chi connectivity index (χ0v) is 20.5. The summed E-state index contributed by atoms with van der Waals surface area (Å²) < 4.78 is 0. The third kappa shape index (κ3) is 5.37. The van der Waals surface area contributed by atoms with Crippen LogP contribution in [0, 0.1) is 20.4 Å². The molecule has 1 unspecified atom stereocenters. The van der Waals surface area contributed by atoms with Crippen molar-refractivity contribution in [2.75, 3.05) is 23.8 Å². The molecule has 0 spiro atoms. The number of carbonyl (C=O) groups is 1. The molecule has 26 heavy (non-hydrogen) atoms. The molecule has 1 aromatic rings. The first-order valence-corrected chi connectivity index (χ1v) is 12.0. The summed E-state index contributed by atoms with van der Waals surface area (Å²) in [6.07, 6.45) is 9.77. The predicted molar refractivity (Wildman–Crippen MR) is 111 cm³/mol. The molecule has 1 amide bonds. The van der Waals surface area contributed by atoms with Gasteiger partial charge in [-0.2, -0.15) is 0 Å². The van der Waals surface area contributed by atoms with E-state index in [1.54, 1.807) is 0 Å². The molecule has 5 heteroatoms. The average Bonchev–Trinajstić information content (AvgIpc) is 2.62. The van der Waals surface area contributed by atoms with Gasteiger partial charge >= 0.3 is 0 Å². The largest absolute Gasteiger partial charge is 0.322 e. The van der Waals surface area contributed by atoms with E-state index in [1.807, 2.05) is 26.0 Å². The minimum Gasteiger partial charge on any atom is -0.322 e. The molecular formula is C21H32N2OPY+. The first-order valence-electron chi connectivity index (χ1n) is 9.62. The van der Waals surface area contributed by atoms with Gasteiger partial charge in [-0.05, 0) is 57.6 Å². The van der Waals surface area contributed by atoms with E-state index in [0.29, 0.717) is 5.69 Å². The minimum atomic E-state index is -1.20. The number of hydrogen-bond donors (Lipinski definition) is 1. The van der Waals surface area contributed by atoms with Crippen molar-refractivity contribution in [1.29, 1.82) is 0 Å². The molecule has 0 saturated carbocycles. The summed E-state index contributed by atoms with van der Waals surface area (Å²) in [6, 6.07) is 3.74. The van der Waals surface area contributed by atoms with Crippen molar-refractivity contribution in [3.63, 3.8) is 0 Å². The maximum atomic E-state index is 13.3. The molecule has 1 fully saturated rings. The Hall–Kier alpha value is -0.286. The molecule has 0 aromatic heterocycles. The van der Waals surface area contributed by atoms with Crippen LogP contribution < -0.4 is 5.32 Å². The molecule has 1 N–H and O–H groups in total. The Morgan fingerprint density at radius 1 is 1.19 bits per heavy atom. The fourth-order valence-electron chi connectivity index (χ4n) is 4.33. The average molecular weight is 448 g/mol. The van der Waals surface area contributed by atoms with Crippen LogP contribution >= 0.6 is 7.26 Å². The van der Waals surface area contributed by atoms with E-state index < -0.39 is 7.26 Å². The van der Waals surface area contributed by atoms with E-state index in [-0.39, 0.29) is 44.3 Å². The Morgan fingerprint density at radius 3 is 2.23 bits per heavy atom. The van der Waals surface area contributed by atoms with Gasteiger partial charge in [-0.15, -0.1) is 0 Å². The van der Waals surface area contributed by atoms with Gasteiger partial charge in [0.25, 0.3) is 5.91 Å². The van der Waals surface area contributed by atoms with Gasteiger partial charge in [0.2, 0.25) is 0 Å². The molecule has 1 aliphatic rings. The number of nitrogens with one attached hydrogen (secondary N) is 1. The molecule has 1 radical (unpaired) electrons. The van der Waals surface area contributed by atoms with Crippen LogP contribution in [-0.4, -0.2) is 30.1 Å². The van der Waals surface area contributed by atoms with Crippen molar-refractivity contribution in [3.8, 4) is 0 Å². The van der Waals surface area contributed by atoms with Gasteiger partial charge in [0.1, 0.15) is 5.66 Å². The zero-order valence-electron chi connectivity index (χ0n) is 16.8. The van der Waals surface area contributed by atoms with Crippen LogP contribution in [-0.2, 0) is 37.5 Å². The molecule has 1 atom stereocenters. The Labute approximate surface area is 185 Å². The number of amides is 1. The summed E-state index contributed by atoms with van der Waals surface area (Å²) in [7, 11) is -1.20. The van der Waals surface area contributed by atoms with Crippen LogP contribution in [0.3, 0.4) is 0 Å². The van der Waals surface area contributed by atoms with Crippen LogP contribution in [0.1, 0.15) is 57.1 Å². The van der Waals surface area contributed by atoms with Gasteiger partial charge in [0, 0.05) is 45.7 Å². The first kappa shape index (κ1) is 23.8. The van der Waals surface area contributed by atoms with E-state index >= 15 is 0 Å². The van der Waals surface area contributed by atoms with Crippen molar-refractivity contribution in [1.82, 2.24) is 0 Å². The number of nitrogens with zero attached hydrogens (tertiary/aromatic N) is 1. The molecule has 1 heterocycles. The SMILES string of the molecule is [C-]#[N+]c1cc(C)c(NC(=O)C(CCC)[P+]2(CC)CCCCC2)c(C)c1.[Y]. The number of benzene rings is 1. The summed E-state index contributed by atoms with van der Waals surface area (Å²) in [5, 5.41) is 3.26. The second kappa shape index (κ2) is 10.9. The first-order chi connectivity index (χ1) is 12.0. The molecular weight excluding hydrogens is 416 g/mol. The second-order valence-corrected chi connectivity index (χ2v) is 12.0. The number of aryl methyl sites for hydroxylation is 2. The van der Waals surface area contributed by atoms with Crippen LogP contribution in [0.4, 0.5) is 11.4 Å². The van der Waals surface area contributed by atoms with Crippen molar-refractivity contribution >= 4 is 24.5 Å².